The summed E-state index contributed by atoms with van der Waals surface area (Å²) in [5, 5.41) is 16.1. The maximum Gasteiger partial charge on any atom is 0.179 e. The monoisotopic (exact) mass is 396 g/mol. The summed E-state index contributed by atoms with van der Waals surface area (Å²) < 4.78 is 22.1. The van der Waals surface area contributed by atoms with E-state index in [0.29, 0.717) is 19.0 Å². The third kappa shape index (κ3) is 3.05. The number of hydrogen-bond donors (Lipinski definition) is 1. The van der Waals surface area contributed by atoms with Crippen LogP contribution in [0.4, 0.5) is 10.2 Å². The van der Waals surface area contributed by atoms with Crippen molar-refractivity contribution in [2.45, 2.75) is 19.5 Å². The first kappa shape index (κ1) is 17.8. The van der Waals surface area contributed by atoms with Crippen molar-refractivity contribution in [2.75, 3.05) is 31.3 Å². The summed E-state index contributed by atoms with van der Waals surface area (Å²) in [5.74, 6) is 1.48. The number of aromatic nitrogens is 7. The molecule has 1 N–H and O–H groups in total. The number of morpholine rings is 1. The minimum atomic E-state index is -0.484. The first-order valence-electron chi connectivity index (χ1n) is 9.57. The molecule has 150 valence electrons. The van der Waals surface area contributed by atoms with Crippen LogP contribution in [0.2, 0.25) is 0 Å². The van der Waals surface area contributed by atoms with E-state index in [2.05, 4.69) is 32.1 Å². The Hall–Kier alpha value is -3.27. The van der Waals surface area contributed by atoms with Crippen LogP contribution in [-0.4, -0.2) is 67.1 Å². The van der Waals surface area contributed by atoms with Crippen LogP contribution in [0.5, 0.6) is 0 Å². The molecule has 1 aliphatic rings. The molecular weight excluding hydrogens is 375 g/mol. The van der Waals surface area contributed by atoms with Crippen LogP contribution in [0.3, 0.4) is 0 Å². The molecule has 0 amide bonds. The zero-order chi connectivity index (χ0) is 19.8. The van der Waals surface area contributed by atoms with Gasteiger partial charge in [-0.15, -0.1) is 5.10 Å². The van der Waals surface area contributed by atoms with Crippen molar-refractivity contribution in [1.29, 1.82) is 0 Å². The Bertz CT molecular complexity index is 1120. The van der Waals surface area contributed by atoms with Crippen molar-refractivity contribution in [2.24, 2.45) is 0 Å². The van der Waals surface area contributed by atoms with Gasteiger partial charge in [0.15, 0.2) is 11.6 Å². The number of imidazole rings is 1. The van der Waals surface area contributed by atoms with Crippen LogP contribution in [0, 0.1) is 0 Å². The Kier molecular flexibility index (Phi) is 4.47. The molecule has 5 rings (SSSR count). The lowest BCUT2D eigenvalue weighted by atomic mass is 10.1. The third-order valence-electron chi connectivity index (χ3n) is 5.18. The number of anilines is 1. The molecule has 1 unspecified atom stereocenters. The van der Waals surface area contributed by atoms with Gasteiger partial charge in [-0.3, -0.25) is 9.78 Å². The highest BCUT2D eigenvalue weighted by Gasteiger charge is 2.24. The van der Waals surface area contributed by atoms with Crippen LogP contribution >= 0.6 is 0 Å². The average Bonchev–Trinajstić information content (AvgIpc) is 3.48. The van der Waals surface area contributed by atoms with Crippen LogP contribution in [0.15, 0.2) is 36.8 Å². The molecule has 4 aromatic rings. The molecule has 0 radical (unpaired) electrons. The summed E-state index contributed by atoms with van der Waals surface area (Å²) in [6.45, 7) is 3.87. The fourth-order valence-electron chi connectivity index (χ4n) is 3.76. The molecule has 9 nitrogen and oxygen atoms in total. The molecule has 4 aromatic heterocycles. The van der Waals surface area contributed by atoms with E-state index in [4.69, 9.17) is 9.84 Å². The average molecular weight is 396 g/mol. The zero-order valence-corrected chi connectivity index (χ0v) is 16.0. The Morgan fingerprint density at radius 2 is 2.24 bits per heavy atom. The predicted molar refractivity (Wildman–Crippen MR) is 105 cm³/mol. The molecule has 0 bridgehead atoms. The summed E-state index contributed by atoms with van der Waals surface area (Å²) in [5.41, 5.74) is 3.32. The number of H-pyrrole nitrogens is 1. The first-order chi connectivity index (χ1) is 14.3. The van der Waals surface area contributed by atoms with E-state index in [0.717, 1.165) is 34.8 Å². The maximum absolute atomic E-state index is 13.1. The van der Waals surface area contributed by atoms with E-state index in [1.165, 1.54) is 0 Å². The highest BCUT2D eigenvalue weighted by Crippen LogP contribution is 2.31. The van der Waals surface area contributed by atoms with Gasteiger partial charge in [-0.25, -0.2) is 13.9 Å². The second kappa shape index (κ2) is 7.28. The highest BCUT2D eigenvalue weighted by molar-refractivity contribution is 5.81. The van der Waals surface area contributed by atoms with Gasteiger partial charge >= 0.3 is 0 Å². The Balaban J connectivity index is 1.73. The van der Waals surface area contributed by atoms with E-state index < -0.39 is 6.67 Å². The molecule has 1 fully saturated rings. The van der Waals surface area contributed by atoms with Gasteiger partial charge in [0.1, 0.15) is 12.4 Å². The van der Waals surface area contributed by atoms with Crippen LogP contribution in [0.25, 0.3) is 28.3 Å². The summed E-state index contributed by atoms with van der Waals surface area (Å²) in [7, 11) is 0. The highest BCUT2D eigenvalue weighted by atomic mass is 19.1. The van der Waals surface area contributed by atoms with Crippen molar-refractivity contribution in [3.8, 4) is 22.8 Å². The molecule has 0 aliphatic carbocycles. The Morgan fingerprint density at radius 3 is 3.03 bits per heavy atom. The number of rotatable bonds is 5. The molecule has 29 heavy (non-hydrogen) atoms. The standard InChI is InChI=1S/C19H21FN8O/c1-13-12-29-9-8-26(13)18-10-14(16-3-6-23-27(16)7-4-20)17-11-21-19(28(17)25-18)15-2-5-22-24-15/h2-3,5-6,10-11,13H,4,7-9,12H2,1H3,(H,22,24). The van der Waals surface area contributed by atoms with E-state index in [1.807, 2.05) is 22.7 Å². The molecule has 0 aromatic carbocycles. The van der Waals surface area contributed by atoms with Gasteiger partial charge in [-0.1, -0.05) is 0 Å². The summed E-state index contributed by atoms with van der Waals surface area (Å²) in [6, 6.07) is 5.96. The largest absolute Gasteiger partial charge is 0.377 e. The van der Waals surface area contributed by atoms with E-state index in [-0.39, 0.29) is 12.6 Å². The lowest BCUT2D eigenvalue weighted by Crippen LogP contribution is -2.44. The number of aryl methyl sites for hydroxylation is 1. The van der Waals surface area contributed by atoms with Gasteiger partial charge in [0.05, 0.1) is 43.2 Å². The minimum Gasteiger partial charge on any atom is -0.377 e. The Labute approximate surface area is 166 Å². The molecular formula is C19H21FN8O. The maximum atomic E-state index is 13.1. The zero-order valence-electron chi connectivity index (χ0n) is 16.0. The van der Waals surface area contributed by atoms with Gasteiger partial charge in [0.2, 0.25) is 0 Å². The minimum absolute atomic E-state index is 0.191. The molecule has 1 saturated heterocycles. The topological polar surface area (TPSA) is 89.2 Å². The molecule has 5 heterocycles. The smallest absolute Gasteiger partial charge is 0.179 e. The van der Waals surface area contributed by atoms with E-state index >= 15 is 0 Å². The van der Waals surface area contributed by atoms with Gasteiger partial charge in [0, 0.05) is 24.5 Å². The second-order valence-corrected chi connectivity index (χ2v) is 7.01. The summed E-state index contributed by atoms with van der Waals surface area (Å²) >= 11 is 0. The van der Waals surface area contributed by atoms with Crippen molar-refractivity contribution < 1.29 is 9.13 Å². The molecule has 0 saturated carbocycles. The molecule has 1 atom stereocenters. The van der Waals surface area contributed by atoms with Gasteiger partial charge in [-0.2, -0.15) is 10.2 Å². The molecule has 0 spiro atoms. The van der Waals surface area contributed by atoms with Crippen molar-refractivity contribution >= 4 is 11.3 Å². The van der Waals surface area contributed by atoms with E-state index in [1.54, 1.807) is 23.3 Å². The van der Waals surface area contributed by atoms with Crippen LogP contribution < -0.4 is 4.90 Å². The van der Waals surface area contributed by atoms with Crippen molar-refractivity contribution in [3.05, 3.63) is 36.8 Å². The number of aromatic amines is 1. The first-order valence-corrected chi connectivity index (χ1v) is 9.57. The molecule has 10 heteroatoms. The SMILES string of the molecule is CC1COCCN1c1cc(-c2ccnn2CCF)c2cnc(-c3ccn[nH]3)n2n1. The van der Waals surface area contributed by atoms with Crippen molar-refractivity contribution in [3.63, 3.8) is 0 Å². The normalized spacial score (nSPS) is 17.3. The number of halogens is 1. The predicted octanol–water partition coefficient (Wildman–Crippen LogP) is 2.18. The number of alkyl halides is 1. The van der Waals surface area contributed by atoms with Crippen LogP contribution in [-0.2, 0) is 11.3 Å². The van der Waals surface area contributed by atoms with Crippen molar-refractivity contribution in [1.82, 2.24) is 34.6 Å². The van der Waals surface area contributed by atoms with Gasteiger partial charge in [-0.05, 0) is 25.1 Å². The fourth-order valence-corrected chi connectivity index (χ4v) is 3.76. The van der Waals surface area contributed by atoms with Gasteiger partial charge < -0.3 is 9.64 Å². The number of fused-ring (bicyclic) bond motifs is 1. The second-order valence-electron chi connectivity index (χ2n) is 7.01. The lowest BCUT2D eigenvalue weighted by Gasteiger charge is -2.34. The fraction of sp³-hybridized carbons (Fsp3) is 0.368. The molecule has 1 aliphatic heterocycles. The number of nitrogens with one attached hydrogen (secondary N) is 1. The lowest BCUT2D eigenvalue weighted by molar-refractivity contribution is 0.0984. The summed E-state index contributed by atoms with van der Waals surface area (Å²) in [4.78, 5) is 6.79. The van der Waals surface area contributed by atoms with Crippen LogP contribution in [0.1, 0.15) is 6.92 Å². The summed E-state index contributed by atoms with van der Waals surface area (Å²) in [6.07, 6.45) is 5.14. The number of hydrogen-bond acceptors (Lipinski definition) is 6. The van der Waals surface area contributed by atoms with Gasteiger partial charge in [0.25, 0.3) is 0 Å². The number of nitrogens with zero attached hydrogens (tertiary/aromatic N) is 7. The Morgan fingerprint density at radius 1 is 1.31 bits per heavy atom. The van der Waals surface area contributed by atoms with E-state index in [9.17, 15) is 4.39 Å². The number of ether oxygens (including phenoxy) is 1. The third-order valence-corrected chi connectivity index (χ3v) is 5.18. The quantitative estimate of drug-likeness (QED) is 0.556.